The van der Waals surface area contributed by atoms with Gasteiger partial charge in [-0.25, -0.2) is 0 Å². The second-order valence-electron chi connectivity index (χ2n) is 7.06. The van der Waals surface area contributed by atoms with E-state index in [2.05, 4.69) is 57.0 Å². The van der Waals surface area contributed by atoms with Gasteiger partial charge in [-0.2, -0.15) is 0 Å². The monoisotopic (exact) mass is 248 g/mol. The molecule has 0 N–H and O–H groups in total. The van der Waals surface area contributed by atoms with Crippen molar-refractivity contribution in [2.45, 2.75) is 50.4 Å². The van der Waals surface area contributed by atoms with Crippen molar-refractivity contribution in [3.63, 3.8) is 0 Å². The summed E-state index contributed by atoms with van der Waals surface area (Å²) in [6, 6.07) is 10.5. The number of rotatable bonds is 1. The lowest BCUT2D eigenvalue weighted by atomic mass is 10.1. The lowest BCUT2D eigenvalue weighted by Crippen LogP contribution is -2.51. The second kappa shape index (κ2) is 3.85. The quantitative estimate of drug-likeness (QED) is 0.651. The Hall–Kier alpha value is -0.346. The van der Waals surface area contributed by atoms with Crippen LogP contribution in [-0.2, 0) is 12.5 Å². The Morgan fingerprint density at radius 2 is 1.62 bits per heavy atom. The smallest absolute Gasteiger partial charge is 0.0525 e. The van der Waals surface area contributed by atoms with E-state index in [9.17, 15) is 0 Å². The van der Waals surface area contributed by atoms with Crippen molar-refractivity contribution < 1.29 is 0 Å². The van der Waals surface area contributed by atoms with Gasteiger partial charge in [-0.1, -0.05) is 57.0 Å². The second-order valence-corrected chi connectivity index (χ2v) is 18.1. The van der Waals surface area contributed by atoms with E-state index in [1.54, 1.807) is 11.1 Å². The Kier molecular flexibility index (Phi) is 2.91. The Morgan fingerprint density at radius 3 is 2.19 bits per heavy atom. The minimum atomic E-state index is -1.04. The zero-order valence-corrected chi connectivity index (χ0v) is 13.3. The van der Waals surface area contributed by atoms with E-state index in [1.807, 2.05) is 0 Å². The van der Waals surface area contributed by atoms with Crippen LogP contribution >= 0.6 is 0 Å². The maximum atomic E-state index is 2.60. The van der Waals surface area contributed by atoms with Crippen LogP contribution in [0.1, 0.15) is 11.1 Å². The molecule has 1 unspecified atom stereocenters. The lowest BCUT2D eigenvalue weighted by molar-refractivity contribution is 0.916. The first-order valence-corrected chi connectivity index (χ1v) is 13.2. The van der Waals surface area contributed by atoms with Crippen molar-refractivity contribution in [1.29, 1.82) is 0 Å². The number of hydrogen-bond acceptors (Lipinski definition) is 0. The SMILES string of the molecule is C[Si](C)(C)C1Cc2ccccc2C[Si]1(C)C. The van der Waals surface area contributed by atoms with Crippen LogP contribution < -0.4 is 0 Å². The fraction of sp³-hybridized carbons (Fsp3) is 0.571. The molecule has 0 fully saturated rings. The van der Waals surface area contributed by atoms with Gasteiger partial charge in [-0.3, -0.25) is 0 Å². The predicted molar refractivity (Wildman–Crippen MR) is 78.4 cm³/mol. The summed E-state index contributed by atoms with van der Waals surface area (Å²) in [5, 5.41) is 1.05. The van der Waals surface area contributed by atoms with Crippen LogP contribution in [0, 0.1) is 0 Å². The normalized spacial score (nSPS) is 23.9. The van der Waals surface area contributed by atoms with Crippen LogP contribution in [0.5, 0.6) is 0 Å². The highest BCUT2D eigenvalue weighted by Gasteiger charge is 2.43. The first-order valence-electron chi connectivity index (χ1n) is 6.37. The standard InChI is InChI=1S/C14H24Si2/c1-15(2,3)14-10-12-8-6-7-9-13(12)11-16(14,4)5/h6-9,14H,10-11H2,1-5H3. The molecule has 0 nitrogen and oxygen atoms in total. The fourth-order valence-corrected chi connectivity index (χ4v) is 16.4. The molecule has 1 aliphatic rings. The summed E-state index contributed by atoms with van der Waals surface area (Å²) >= 11 is 0. The van der Waals surface area contributed by atoms with Crippen LogP contribution in [0.3, 0.4) is 0 Å². The average Bonchev–Trinajstić information content (AvgIpc) is 2.13. The van der Waals surface area contributed by atoms with E-state index in [-0.39, 0.29) is 0 Å². The number of hydrogen-bond donors (Lipinski definition) is 0. The molecular formula is C14H24Si2. The van der Waals surface area contributed by atoms with Crippen LogP contribution in [-0.4, -0.2) is 16.1 Å². The third-order valence-electron chi connectivity index (χ3n) is 4.18. The van der Waals surface area contributed by atoms with Crippen molar-refractivity contribution in [2.75, 3.05) is 0 Å². The summed E-state index contributed by atoms with van der Waals surface area (Å²) in [5.74, 6) is 0. The molecule has 2 rings (SSSR count). The number of fused-ring (bicyclic) bond motifs is 1. The molecular weight excluding hydrogens is 224 g/mol. The molecule has 16 heavy (non-hydrogen) atoms. The molecule has 0 spiro atoms. The highest BCUT2D eigenvalue weighted by molar-refractivity contribution is 6.96. The summed E-state index contributed by atoms with van der Waals surface area (Å²) in [6.45, 7) is 12.9. The van der Waals surface area contributed by atoms with Crippen LogP contribution in [0.15, 0.2) is 24.3 Å². The highest BCUT2D eigenvalue weighted by atomic mass is 28.4. The van der Waals surface area contributed by atoms with Crippen molar-refractivity contribution in [3.8, 4) is 0 Å². The third kappa shape index (κ3) is 2.18. The molecule has 1 aromatic rings. The van der Waals surface area contributed by atoms with Gasteiger partial charge in [0.15, 0.2) is 0 Å². The summed E-state index contributed by atoms with van der Waals surface area (Å²) in [6.07, 6.45) is 1.37. The van der Waals surface area contributed by atoms with E-state index >= 15 is 0 Å². The molecule has 0 bridgehead atoms. The molecule has 1 aliphatic heterocycles. The van der Waals surface area contributed by atoms with E-state index in [4.69, 9.17) is 0 Å². The molecule has 0 amide bonds. The summed E-state index contributed by atoms with van der Waals surface area (Å²) in [4.78, 5) is 0. The van der Waals surface area contributed by atoms with Crippen molar-refractivity contribution in [2.24, 2.45) is 0 Å². The summed E-state index contributed by atoms with van der Waals surface area (Å²) in [7, 11) is -2.04. The van der Waals surface area contributed by atoms with Gasteiger partial charge in [0.25, 0.3) is 0 Å². The average molecular weight is 249 g/mol. The van der Waals surface area contributed by atoms with Gasteiger partial charge in [0.1, 0.15) is 0 Å². The van der Waals surface area contributed by atoms with E-state index in [0.717, 1.165) is 5.16 Å². The lowest BCUT2D eigenvalue weighted by Gasteiger charge is -2.44. The first-order chi connectivity index (χ1) is 7.31. The van der Waals surface area contributed by atoms with Crippen LogP contribution in [0.25, 0.3) is 0 Å². The molecule has 0 aliphatic carbocycles. The molecule has 0 radical (unpaired) electrons. The van der Waals surface area contributed by atoms with Gasteiger partial charge >= 0.3 is 0 Å². The molecule has 0 aromatic heterocycles. The van der Waals surface area contributed by atoms with Crippen LogP contribution in [0.2, 0.25) is 37.9 Å². The minimum Gasteiger partial charge on any atom is -0.0695 e. The molecule has 0 saturated carbocycles. The van der Waals surface area contributed by atoms with E-state index < -0.39 is 16.1 Å². The maximum Gasteiger partial charge on any atom is 0.0525 e. The molecule has 0 saturated heterocycles. The van der Waals surface area contributed by atoms with E-state index in [1.165, 1.54) is 12.5 Å². The molecule has 1 heterocycles. The molecule has 1 atom stereocenters. The van der Waals surface area contributed by atoms with E-state index in [0.29, 0.717) is 0 Å². The highest BCUT2D eigenvalue weighted by Crippen LogP contribution is 2.41. The Morgan fingerprint density at radius 1 is 1.06 bits per heavy atom. The first kappa shape index (κ1) is 12.1. The Balaban J connectivity index is 2.40. The molecule has 2 heteroatoms. The summed E-state index contributed by atoms with van der Waals surface area (Å²) < 4.78 is 0. The third-order valence-corrected chi connectivity index (χ3v) is 14.8. The zero-order valence-electron chi connectivity index (χ0n) is 11.3. The topological polar surface area (TPSA) is 0 Å². The largest absolute Gasteiger partial charge is 0.0695 e. The molecule has 88 valence electrons. The van der Waals surface area contributed by atoms with Gasteiger partial charge in [-0.15, -0.1) is 0 Å². The van der Waals surface area contributed by atoms with Gasteiger partial charge in [0, 0.05) is 8.07 Å². The van der Waals surface area contributed by atoms with Crippen LogP contribution in [0.4, 0.5) is 0 Å². The fourth-order valence-electron chi connectivity index (χ4n) is 3.52. The zero-order chi connectivity index (χ0) is 12.0. The predicted octanol–water partition coefficient (Wildman–Crippen LogP) is 4.28. The maximum absolute atomic E-state index is 2.60. The van der Waals surface area contributed by atoms with Crippen molar-refractivity contribution in [3.05, 3.63) is 35.4 Å². The Bertz CT molecular complexity index is 388. The van der Waals surface area contributed by atoms with Gasteiger partial charge in [-0.05, 0) is 28.8 Å². The van der Waals surface area contributed by atoms with Gasteiger partial charge < -0.3 is 0 Å². The summed E-state index contributed by atoms with van der Waals surface area (Å²) in [5.41, 5.74) is 3.29. The van der Waals surface area contributed by atoms with Crippen molar-refractivity contribution >= 4 is 16.1 Å². The number of benzene rings is 1. The Labute approximate surface area is 102 Å². The van der Waals surface area contributed by atoms with Gasteiger partial charge in [0.2, 0.25) is 0 Å². The minimum absolute atomic E-state index is 0.999. The van der Waals surface area contributed by atoms with Gasteiger partial charge in [0.05, 0.1) is 8.07 Å². The molecule has 1 aromatic carbocycles. The van der Waals surface area contributed by atoms with Crippen molar-refractivity contribution in [1.82, 2.24) is 0 Å².